The van der Waals surface area contributed by atoms with Crippen LogP contribution in [0.5, 0.6) is 0 Å². The lowest BCUT2D eigenvalue weighted by atomic mass is 9.75. The van der Waals surface area contributed by atoms with Crippen LogP contribution in [0.15, 0.2) is 132 Å². The Morgan fingerprint density at radius 3 is 1.96 bits per heavy atom. The van der Waals surface area contributed by atoms with Gasteiger partial charge >= 0.3 is 0 Å². The summed E-state index contributed by atoms with van der Waals surface area (Å²) >= 11 is 0. The quantitative estimate of drug-likeness (QED) is 0.148. The standard InChI is InChI=1S/C47H50N2O2Si/c1-33-23-27-35(28-24-33)43-44(36-29-25-34(2)26-30-36)50-45(48-43)42-22-14-32-49(42)47(31-13-19-39-40(46(3,4)5)20-12-21-41(39)47)51-52(37-15-8-6-9-16-37)38-17-10-7-11-18-38/h6-12,15-18,20-21,23-30,42,52H,13-14,19,22,31-32H2,1-5H3. The topological polar surface area (TPSA) is 38.5 Å². The third-order valence-corrected chi connectivity index (χ3v) is 13.8. The van der Waals surface area contributed by atoms with Gasteiger partial charge in [0.2, 0.25) is 14.9 Å². The zero-order chi connectivity index (χ0) is 35.9. The van der Waals surface area contributed by atoms with Crippen molar-refractivity contribution in [1.82, 2.24) is 9.88 Å². The zero-order valence-corrected chi connectivity index (χ0v) is 32.4. The van der Waals surface area contributed by atoms with Gasteiger partial charge in [-0.25, -0.2) is 4.98 Å². The Bertz CT molecular complexity index is 2030. The molecule has 0 bridgehead atoms. The minimum atomic E-state index is -2.19. The van der Waals surface area contributed by atoms with Gasteiger partial charge in [-0.05, 0) is 72.9 Å². The molecule has 2 heterocycles. The predicted molar refractivity (Wildman–Crippen MR) is 216 cm³/mol. The lowest BCUT2D eigenvalue weighted by Crippen LogP contribution is -2.58. The van der Waals surface area contributed by atoms with Gasteiger partial charge in [0.15, 0.2) is 5.76 Å². The maximum absolute atomic E-state index is 8.01. The summed E-state index contributed by atoms with van der Waals surface area (Å²) in [7, 11) is -2.19. The van der Waals surface area contributed by atoms with Crippen molar-refractivity contribution in [3.05, 3.63) is 161 Å². The number of aryl methyl sites for hydroxylation is 2. The van der Waals surface area contributed by atoms with Gasteiger partial charge in [0.1, 0.15) is 11.4 Å². The molecule has 2 unspecified atom stereocenters. The van der Waals surface area contributed by atoms with E-state index in [0.717, 1.165) is 67.1 Å². The average molecular weight is 703 g/mol. The van der Waals surface area contributed by atoms with Crippen LogP contribution in [0.25, 0.3) is 22.6 Å². The van der Waals surface area contributed by atoms with Crippen molar-refractivity contribution < 1.29 is 8.84 Å². The van der Waals surface area contributed by atoms with E-state index in [1.54, 1.807) is 0 Å². The largest absolute Gasteiger partial charge is 0.438 e. The zero-order valence-electron chi connectivity index (χ0n) is 31.2. The van der Waals surface area contributed by atoms with Crippen LogP contribution in [0.2, 0.25) is 0 Å². The molecule has 2 aliphatic rings. The first-order chi connectivity index (χ1) is 25.2. The number of fused-ring (bicyclic) bond motifs is 1. The van der Waals surface area contributed by atoms with Crippen LogP contribution in [0.3, 0.4) is 0 Å². The number of oxazole rings is 1. The first-order valence-corrected chi connectivity index (χ1v) is 20.7. The van der Waals surface area contributed by atoms with Crippen LogP contribution >= 0.6 is 0 Å². The number of likely N-dealkylation sites (tertiary alicyclic amines) is 1. The van der Waals surface area contributed by atoms with Gasteiger partial charge in [-0.2, -0.15) is 0 Å². The van der Waals surface area contributed by atoms with Crippen molar-refractivity contribution in [2.24, 2.45) is 0 Å². The van der Waals surface area contributed by atoms with Crippen LogP contribution < -0.4 is 10.4 Å². The van der Waals surface area contributed by atoms with Gasteiger partial charge in [-0.15, -0.1) is 0 Å². The highest BCUT2D eigenvalue weighted by molar-refractivity contribution is 6.80. The highest BCUT2D eigenvalue weighted by Crippen LogP contribution is 2.51. The number of hydrogen-bond acceptors (Lipinski definition) is 4. The second-order valence-electron chi connectivity index (χ2n) is 15.9. The van der Waals surface area contributed by atoms with E-state index in [1.165, 1.54) is 38.2 Å². The predicted octanol–water partition coefficient (Wildman–Crippen LogP) is 9.80. The molecule has 1 fully saturated rings. The Balaban J connectivity index is 1.31. The third kappa shape index (κ3) is 6.51. The fourth-order valence-corrected chi connectivity index (χ4v) is 11.1. The second-order valence-corrected chi connectivity index (χ2v) is 18.2. The van der Waals surface area contributed by atoms with E-state index in [0.29, 0.717) is 0 Å². The Kier molecular flexibility index (Phi) is 9.37. The number of rotatable bonds is 8. The molecule has 8 rings (SSSR count). The minimum absolute atomic E-state index is 0.0168. The van der Waals surface area contributed by atoms with Crippen LogP contribution in [0.1, 0.15) is 86.2 Å². The fourth-order valence-electron chi connectivity index (χ4n) is 8.57. The van der Waals surface area contributed by atoms with Gasteiger partial charge in [0.05, 0.1) is 6.04 Å². The SMILES string of the molecule is Cc1ccc(-c2nc(C3CCCN3C3(O[SiH](c4ccccc4)c4ccccc4)CCCc4c(C(C)(C)C)cccc43)oc2-c2ccc(C)cc2)cc1. The molecule has 0 radical (unpaired) electrons. The van der Waals surface area contributed by atoms with E-state index in [9.17, 15) is 0 Å². The Hall–Kier alpha value is -4.55. The molecule has 1 aliphatic carbocycles. The smallest absolute Gasteiger partial charge is 0.242 e. The molecular weight excluding hydrogens is 653 g/mol. The van der Waals surface area contributed by atoms with E-state index in [4.69, 9.17) is 13.8 Å². The minimum Gasteiger partial charge on any atom is -0.438 e. The number of aromatic nitrogens is 1. The summed E-state index contributed by atoms with van der Waals surface area (Å²) in [6.45, 7) is 12.2. The maximum atomic E-state index is 8.01. The van der Waals surface area contributed by atoms with Gasteiger partial charge in [-0.3, -0.25) is 4.90 Å². The van der Waals surface area contributed by atoms with Gasteiger partial charge < -0.3 is 8.84 Å². The molecule has 264 valence electrons. The summed E-state index contributed by atoms with van der Waals surface area (Å²) in [5, 5.41) is 2.59. The fraction of sp³-hybridized carbons (Fsp3) is 0.298. The molecular formula is C47H50N2O2Si. The monoisotopic (exact) mass is 702 g/mol. The van der Waals surface area contributed by atoms with Gasteiger partial charge in [-0.1, -0.05) is 159 Å². The summed E-state index contributed by atoms with van der Waals surface area (Å²) < 4.78 is 15.0. The average Bonchev–Trinajstić information content (AvgIpc) is 3.83. The first-order valence-electron chi connectivity index (χ1n) is 19.0. The highest BCUT2D eigenvalue weighted by atomic mass is 28.3. The van der Waals surface area contributed by atoms with E-state index >= 15 is 0 Å². The summed E-state index contributed by atoms with van der Waals surface area (Å²) in [4.78, 5) is 8.08. The molecule has 0 amide bonds. The van der Waals surface area contributed by atoms with Crippen molar-refractivity contribution in [2.75, 3.05) is 6.54 Å². The Morgan fingerprint density at radius 1 is 0.731 bits per heavy atom. The Labute approximate surface area is 311 Å². The molecule has 6 aromatic rings. The molecule has 2 atom stereocenters. The van der Waals surface area contributed by atoms with Crippen molar-refractivity contribution in [3.8, 4) is 22.6 Å². The van der Waals surface area contributed by atoms with E-state index in [1.807, 2.05) is 0 Å². The molecule has 0 N–H and O–H groups in total. The van der Waals surface area contributed by atoms with Crippen molar-refractivity contribution in [3.63, 3.8) is 0 Å². The molecule has 5 aromatic carbocycles. The highest BCUT2D eigenvalue weighted by Gasteiger charge is 2.51. The lowest BCUT2D eigenvalue weighted by Gasteiger charge is -2.50. The number of benzene rings is 5. The Morgan fingerprint density at radius 2 is 1.35 bits per heavy atom. The van der Waals surface area contributed by atoms with Crippen LogP contribution in [0.4, 0.5) is 0 Å². The van der Waals surface area contributed by atoms with Crippen molar-refractivity contribution in [1.29, 1.82) is 0 Å². The summed E-state index contributed by atoms with van der Waals surface area (Å²) in [6.07, 6.45) is 5.05. The summed E-state index contributed by atoms with van der Waals surface area (Å²) in [5.41, 5.74) is 9.06. The van der Waals surface area contributed by atoms with Crippen molar-refractivity contribution >= 4 is 19.4 Å². The normalized spacial score (nSPS) is 19.2. The maximum Gasteiger partial charge on any atom is 0.242 e. The number of nitrogens with zero attached hydrogens (tertiary/aromatic N) is 2. The first kappa shape index (κ1) is 34.5. The summed E-state index contributed by atoms with van der Waals surface area (Å²) in [6, 6.07) is 46.2. The van der Waals surface area contributed by atoms with E-state index in [2.05, 4.69) is 167 Å². The molecule has 1 aliphatic heterocycles. The lowest BCUT2D eigenvalue weighted by molar-refractivity contribution is -0.118. The van der Waals surface area contributed by atoms with Crippen molar-refractivity contribution in [2.45, 2.75) is 83.9 Å². The summed E-state index contributed by atoms with van der Waals surface area (Å²) in [5.74, 6) is 1.61. The molecule has 4 nitrogen and oxygen atoms in total. The number of hydrogen-bond donors (Lipinski definition) is 0. The van der Waals surface area contributed by atoms with Crippen LogP contribution in [-0.4, -0.2) is 25.5 Å². The molecule has 1 aromatic heterocycles. The molecule has 52 heavy (non-hydrogen) atoms. The molecule has 5 heteroatoms. The molecule has 0 spiro atoms. The second kappa shape index (κ2) is 14.1. The van der Waals surface area contributed by atoms with E-state index < -0.39 is 14.8 Å². The molecule has 1 saturated heterocycles. The van der Waals surface area contributed by atoms with Crippen LogP contribution in [0, 0.1) is 13.8 Å². The van der Waals surface area contributed by atoms with E-state index in [-0.39, 0.29) is 11.5 Å². The van der Waals surface area contributed by atoms with Gasteiger partial charge in [0, 0.05) is 23.2 Å². The molecule has 0 saturated carbocycles. The van der Waals surface area contributed by atoms with Crippen LogP contribution in [-0.2, 0) is 22.0 Å². The third-order valence-electron chi connectivity index (χ3n) is 11.1. The van der Waals surface area contributed by atoms with Gasteiger partial charge in [0.25, 0.3) is 0 Å².